The molecule has 2 aromatic rings. The molecule has 0 fully saturated rings. The second-order valence-corrected chi connectivity index (χ2v) is 6.27. The largest absolute Gasteiger partial charge is 0.493 e. The average molecular weight is 301 g/mol. The van der Waals surface area contributed by atoms with Gasteiger partial charge in [0.05, 0.1) is 12.7 Å². The summed E-state index contributed by atoms with van der Waals surface area (Å²) >= 11 is 0. The van der Waals surface area contributed by atoms with Gasteiger partial charge in [-0.15, -0.1) is 0 Å². The Balaban J connectivity index is 2.21. The van der Waals surface area contributed by atoms with Crippen LogP contribution in [0.5, 0.6) is 5.75 Å². The van der Waals surface area contributed by atoms with Crippen LogP contribution in [0.15, 0.2) is 36.4 Å². The Bertz CT molecular complexity index is 593. The van der Waals surface area contributed by atoms with E-state index in [0.717, 1.165) is 18.8 Å². The zero-order valence-corrected chi connectivity index (χ0v) is 13.8. The van der Waals surface area contributed by atoms with Crippen molar-refractivity contribution >= 4 is 10.8 Å². The van der Waals surface area contributed by atoms with Gasteiger partial charge in [-0.3, -0.25) is 0 Å². The van der Waals surface area contributed by atoms with E-state index in [4.69, 9.17) is 4.74 Å². The predicted molar refractivity (Wildman–Crippen MR) is 92.3 cm³/mol. The third-order valence-electron chi connectivity index (χ3n) is 3.69. The normalized spacial score (nSPS) is 12.8. The smallest absolute Gasteiger partial charge is 0.124 e. The Morgan fingerprint density at radius 1 is 1.09 bits per heavy atom. The van der Waals surface area contributed by atoms with Crippen LogP contribution in [0, 0.1) is 5.92 Å². The summed E-state index contributed by atoms with van der Waals surface area (Å²) in [5.41, 5.74) is 1.17. The summed E-state index contributed by atoms with van der Waals surface area (Å²) in [5.74, 6) is 1.58. The molecule has 1 unspecified atom stereocenters. The minimum atomic E-state index is -0.347. The van der Waals surface area contributed by atoms with Crippen molar-refractivity contribution in [2.75, 3.05) is 13.2 Å². The standard InChI is InChI=1S/C19H27NO2/c1-14(2)10-11-22-19-9-8-16-6-4-5-7-17(16)18(19)13-20-12-15(3)21/h4-9,14-15,20-21H,10-13H2,1-3H3. The molecule has 1 atom stereocenters. The number of aliphatic hydroxyl groups excluding tert-OH is 1. The van der Waals surface area contributed by atoms with Crippen molar-refractivity contribution < 1.29 is 9.84 Å². The van der Waals surface area contributed by atoms with E-state index in [2.05, 4.69) is 55.6 Å². The van der Waals surface area contributed by atoms with Gasteiger partial charge in [0.15, 0.2) is 0 Å². The van der Waals surface area contributed by atoms with Crippen molar-refractivity contribution in [1.82, 2.24) is 5.32 Å². The molecule has 0 amide bonds. The second kappa shape index (κ2) is 8.16. The molecule has 3 nitrogen and oxygen atoms in total. The number of aliphatic hydroxyl groups is 1. The van der Waals surface area contributed by atoms with E-state index in [1.54, 1.807) is 6.92 Å². The van der Waals surface area contributed by atoms with Gasteiger partial charge in [-0.25, -0.2) is 0 Å². The summed E-state index contributed by atoms with van der Waals surface area (Å²) in [6.07, 6.45) is 0.702. The molecular formula is C19H27NO2. The fraction of sp³-hybridized carbons (Fsp3) is 0.474. The van der Waals surface area contributed by atoms with Crippen LogP contribution in [-0.4, -0.2) is 24.4 Å². The van der Waals surface area contributed by atoms with Crippen molar-refractivity contribution in [2.24, 2.45) is 5.92 Å². The van der Waals surface area contributed by atoms with E-state index in [9.17, 15) is 5.11 Å². The van der Waals surface area contributed by atoms with Gasteiger partial charge in [-0.05, 0) is 36.1 Å². The quantitative estimate of drug-likeness (QED) is 0.780. The number of fused-ring (bicyclic) bond motifs is 1. The van der Waals surface area contributed by atoms with Crippen LogP contribution in [0.2, 0.25) is 0 Å². The summed E-state index contributed by atoms with van der Waals surface area (Å²) in [6.45, 7) is 8.21. The molecular weight excluding hydrogens is 274 g/mol. The minimum Gasteiger partial charge on any atom is -0.493 e. The lowest BCUT2D eigenvalue weighted by atomic mass is 10.0. The van der Waals surface area contributed by atoms with Crippen LogP contribution < -0.4 is 10.1 Å². The number of benzene rings is 2. The first-order valence-corrected chi connectivity index (χ1v) is 8.10. The van der Waals surface area contributed by atoms with Gasteiger partial charge < -0.3 is 15.2 Å². The topological polar surface area (TPSA) is 41.5 Å². The maximum absolute atomic E-state index is 9.42. The number of nitrogens with one attached hydrogen (secondary N) is 1. The average Bonchev–Trinajstić information content (AvgIpc) is 2.48. The highest BCUT2D eigenvalue weighted by Crippen LogP contribution is 2.28. The minimum absolute atomic E-state index is 0.347. The molecule has 0 aliphatic heterocycles. The van der Waals surface area contributed by atoms with Gasteiger partial charge in [0.2, 0.25) is 0 Å². The lowest BCUT2D eigenvalue weighted by molar-refractivity contribution is 0.190. The number of rotatable bonds is 8. The van der Waals surface area contributed by atoms with Crippen LogP contribution >= 0.6 is 0 Å². The van der Waals surface area contributed by atoms with E-state index in [1.165, 1.54) is 16.3 Å². The molecule has 120 valence electrons. The molecule has 2 aromatic carbocycles. The molecule has 0 saturated heterocycles. The van der Waals surface area contributed by atoms with Crippen LogP contribution in [0.4, 0.5) is 0 Å². The van der Waals surface area contributed by atoms with Crippen LogP contribution in [-0.2, 0) is 6.54 Å². The van der Waals surface area contributed by atoms with Gasteiger partial charge >= 0.3 is 0 Å². The van der Waals surface area contributed by atoms with E-state index in [-0.39, 0.29) is 6.10 Å². The van der Waals surface area contributed by atoms with Crippen molar-refractivity contribution in [3.63, 3.8) is 0 Å². The highest BCUT2D eigenvalue weighted by atomic mass is 16.5. The van der Waals surface area contributed by atoms with Crippen molar-refractivity contribution in [3.8, 4) is 5.75 Å². The molecule has 0 radical (unpaired) electrons. The van der Waals surface area contributed by atoms with Gasteiger partial charge in [0.25, 0.3) is 0 Å². The Morgan fingerprint density at radius 2 is 1.86 bits per heavy atom. The molecule has 0 aliphatic rings. The van der Waals surface area contributed by atoms with Crippen molar-refractivity contribution in [1.29, 1.82) is 0 Å². The van der Waals surface area contributed by atoms with Gasteiger partial charge in [0, 0.05) is 18.7 Å². The molecule has 0 aliphatic carbocycles. The fourth-order valence-electron chi connectivity index (χ4n) is 2.44. The Kier molecular flexibility index (Phi) is 6.22. The van der Waals surface area contributed by atoms with Crippen molar-refractivity contribution in [3.05, 3.63) is 42.0 Å². The van der Waals surface area contributed by atoms with Gasteiger partial charge in [-0.2, -0.15) is 0 Å². The molecule has 2 rings (SSSR count). The molecule has 0 aromatic heterocycles. The lowest BCUT2D eigenvalue weighted by Crippen LogP contribution is -2.24. The lowest BCUT2D eigenvalue weighted by Gasteiger charge is -2.16. The van der Waals surface area contributed by atoms with Crippen molar-refractivity contribution in [2.45, 2.75) is 39.8 Å². The van der Waals surface area contributed by atoms with E-state index >= 15 is 0 Å². The number of hydrogen-bond donors (Lipinski definition) is 2. The molecule has 0 saturated carbocycles. The first-order valence-electron chi connectivity index (χ1n) is 8.10. The Morgan fingerprint density at radius 3 is 2.59 bits per heavy atom. The summed E-state index contributed by atoms with van der Waals surface area (Å²) in [5, 5.41) is 15.2. The maximum atomic E-state index is 9.42. The third-order valence-corrected chi connectivity index (χ3v) is 3.69. The van der Waals surface area contributed by atoms with Gasteiger partial charge in [-0.1, -0.05) is 44.2 Å². The van der Waals surface area contributed by atoms with Crippen LogP contribution in [0.25, 0.3) is 10.8 Å². The first kappa shape index (κ1) is 16.8. The summed E-state index contributed by atoms with van der Waals surface area (Å²) in [7, 11) is 0. The molecule has 3 heteroatoms. The molecule has 0 bridgehead atoms. The molecule has 2 N–H and O–H groups in total. The maximum Gasteiger partial charge on any atom is 0.124 e. The summed E-state index contributed by atoms with van der Waals surface area (Å²) in [4.78, 5) is 0. The first-order chi connectivity index (χ1) is 10.6. The molecule has 0 heterocycles. The summed E-state index contributed by atoms with van der Waals surface area (Å²) < 4.78 is 6.01. The van der Waals surface area contributed by atoms with E-state index in [0.29, 0.717) is 19.0 Å². The van der Waals surface area contributed by atoms with E-state index in [1.807, 2.05) is 0 Å². The SMILES string of the molecule is CC(C)CCOc1ccc2ccccc2c1CNCC(C)O. The molecule has 22 heavy (non-hydrogen) atoms. The fourth-order valence-corrected chi connectivity index (χ4v) is 2.44. The molecule has 0 spiro atoms. The monoisotopic (exact) mass is 301 g/mol. The highest BCUT2D eigenvalue weighted by molar-refractivity contribution is 5.87. The predicted octanol–water partition coefficient (Wildman–Crippen LogP) is 3.74. The van der Waals surface area contributed by atoms with Gasteiger partial charge in [0.1, 0.15) is 5.75 Å². The van der Waals surface area contributed by atoms with Crippen LogP contribution in [0.1, 0.15) is 32.8 Å². The Hall–Kier alpha value is -1.58. The highest BCUT2D eigenvalue weighted by Gasteiger charge is 2.09. The number of hydrogen-bond acceptors (Lipinski definition) is 3. The summed E-state index contributed by atoms with van der Waals surface area (Å²) in [6, 6.07) is 12.5. The van der Waals surface area contributed by atoms with Crippen LogP contribution in [0.3, 0.4) is 0 Å². The number of ether oxygens (including phenoxy) is 1. The second-order valence-electron chi connectivity index (χ2n) is 6.27. The zero-order valence-electron chi connectivity index (χ0n) is 13.8. The zero-order chi connectivity index (χ0) is 15.9. The Labute approximate surface area is 133 Å². The third kappa shape index (κ3) is 4.72. The van der Waals surface area contributed by atoms with E-state index < -0.39 is 0 Å².